The van der Waals surface area contributed by atoms with E-state index in [2.05, 4.69) is 0 Å². The van der Waals surface area contributed by atoms with Gasteiger partial charge >= 0.3 is 10.1 Å². The summed E-state index contributed by atoms with van der Waals surface area (Å²) in [7, 11) is -4.32. The van der Waals surface area contributed by atoms with Crippen molar-refractivity contribution in [1.29, 1.82) is 0 Å². The van der Waals surface area contributed by atoms with E-state index in [-0.39, 0.29) is 5.56 Å². The zero-order valence-corrected chi connectivity index (χ0v) is 14.8. The number of hydrogen-bond acceptors (Lipinski definition) is 6. The third-order valence-electron chi connectivity index (χ3n) is 3.60. The molecule has 1 aliphatic rings. The lowest BCUT2D eigenvalue weighted by Crippen LogP contribution is -2.16. The van der Waals surface area contributed by atoms with Gasteiger partial charge in [-0.3, -0.25) is 4.79 Å². The van der Waals surface area contributed by atoms with E-state index in [1.807, 2.05) is 0 Å². The summed E-state index contributed by atoms with van der Waals surface area (Å²) in [5.41, 5.74) is 5.95. The third kappa shape index (κ3) is 3.81. The molecular formula is C17H13ClFNO5S. The standard InChI is InChI=1S/C17H13ClFNO5S/c18-12-7-5-10(6-8-12)15-14(21)16(17(20)24-15)25-26(22,23)9-11-3-1-2-4-13(11)19/h1-8,15H,9,20H2. The summed E-state index contributed by atoms with van der Waals surface area (Å²) in [6.45, 7) is 0. The number of ether oxygens (including phenoxy) is 1. The summed E-state index contributed by atoms with van der Waals surface area (Å²) >= 11 is 5.79. The summed E-state index contributed by atoms with van der Waals surface area (Å²) < 4.78 is 48.1. The summed E-state index contributed by atoms with van der Waals surface area (Å²) in [6.07, 6.45) is -1.13. The minimum absolute atomic E-state index is 0.0905. The van der Waals surface area contributed by atoms with Crippen LogP contribution in [0.25, 0.3) is 0 Å². The number of halogens is 2. The molecule has 136 valence electrons. The average molecular weight is 398 g/mol. The smallest absolute Gasteiger partial charge is 0.313 e. The van der Waals surface area contributed by atoms with Crippen molar-refractivity contribution in [3.05, 3.63) is 82.1 Å². The van der Waals surface area contributed by atoms with Crippen molar-refractivity contribution in [3.63, 3.8) is 0 Å². The van der Waals surface area contributed by atoms with Gasteiger partial charge in [0.2, 0.25) is 17.4 Å². The minimum Gasteiger partial charge on any atom is -0.460 e. The number of hydrogen-bond donors (Lipinski definition) is 1. The van der Waals surface area contributed by atoms with Crippen LogP contribution in [-0.2, 0) is 29.6 Å². The van der Waals surface area contributed by atoms with E-state index in [0.717, 1.165) is 6.07 Å². The van der Waals surface area contributed by atoms with Crippen LogP contribution in [0.5, 0.6) is 0 Å². The molecule has 0 aliphatic carbocycles. The molecule has 0 bridgehead atoms. The highest BCUT2D eigenvalue weighted by Gasteiger charge is 2.39. The van der Waals surface area contributed by atoms with Gasteiger partial charge in [0.25, 0.3) is 0 Å². The van der Waals surface area contributed by atoms with Gasteiger partial charge in [0, 0.05) is 16.1 Å². The second kappa shape index (κ2) is 6.97. The van der Waals surface area contributed by atoms with E-state index in [1.165, 1.54) is 18.2 Å². The van der Waals surface area contributed by atoms with Gasteiger partial charge in [-0.15, -0.1) is 0 Å². The fraction of sp³-hybridized carbons (Fsp3) is 0.118. The van der Waals surface area contributed by atoms with Crippen LogP contribution in [0.1, 0.15) is 17.2 Å². The second-order valence-electron chi connectivity index (χ2n) is 5.48. The van der Waals surface area contributed by atoms with E-state index in [4.69, 9.17) is 26.3 Å². The molecule has 1 unspecified atom stereocenters. The molecule has 0 amide bonds. The van der Waals surface area contributed by atoms with Crippen LogP contribution in [0.2, 0.25) is 5.02 Å². The molecule has 1 aliphatic heterocycles. The number of carbonyl (C=O) groups is 1. The Hall–Kier alpha value is -2.58. The van der Waals surface area contributed by atoms with Crippen LogP contribution in [0.15, 0.2) is 60.2 Å². The molecule has 0 spiro atoms. The molecule has 0 aromatic heterocycles. The van der Waals surface area contributed by atoms with Crippen molar-refractivity contribution in [2.75, 3.05) is 0 Å². The summed E-state index contributed by atoms with van der Waals surface area (Å²) in [5, 5.41) is 0.462. The molecule has 6 nitrogen and oxygen atoms in total. The Bertz CT molecular complexity index is 988. The van der Waals surface area contributed by atoms with Crippen LogP contribution >= 0.6 is 11.6 Å². The Labute approximate surface area is 154 Å². The van der Waals surface area contributed by atoms with E-state index < -0.39 is 45.2 Å². The Kier molecular flexibility index (Phi) is 4.88. The summed E-state index contributed by atoms with van der Waals surface area (Å²) in [4.78, 5) is 12.4. The Balaban J connectivity index is 1.78. The molecule has 1 heterocycles. The first-order chi connectivity index (χ1) is 12.3. The van der Waals surface area contributed by atoms with Crippen molar-refractivity contribution in [1.82, 2.24) is 0 Å². The number of nitrogens with two attached hydrogens (primary N) is 1. The number of ketones is 1. The first-order valence-electron chi connectivity index (χ1n) is 7.38. The molecule has 3 rings (SSSR count). The third-order valence-corrected chi connectivity index (χ3v) is 4.94. The molecule has 1 atom stereocenters. The van der Waals surface area contributed by atoms with Crippen LogP contribution in [0.3, 0.4) is 0 Å². The quantitative estimate of drug-likeness (QED) is 0.779. The summed E-state index contributed by atoms with van der Waals surface area (Å²) in [6, 6.07) is 11.6. The van der Waals surface area contributed by atoms with E-state index >= 15 is 0 Å². The van der Waals surface area contributed by atoms with Gasteiger partial charge in [-0.2, -0.15) is 8.42 Å². The average Bonchev–Trinajstić information content (AvgIpc) is 2.85. The van der Waals surface area contributed by atoms with Gasteiger partial charge in [0.15, 0.2) is 6.10 Å². The van der Waals surface area contributed by atoms with Crippen molar-refractivity contribution < 1.29 is 26.5 Å². The normalized spacial score (nSPS) is 17.3. The maximum absolute atomic E-state index is 13.6. The van der Waals surface area contributed by atoms with Gasteiger partial charge in [0.1, 0.15) is 11.6 Å². The lowest BCUT2D eigenvalue weighted by molar-refractivity contribution is -0.123. The molecule has 9 heteroatoms. The van der Waals surface area contributed by atoms with E-state index in [0.29, 0.717) is 10.6 Å². The van der Waals surface area contributed by atoms with Gasteiger partial charge in [-0.05, 0) is 18.2 Å². The molecule has 2 aromatic rings. The molecule has 0 fully saturated rings. The zero-order chi connectivity index (χ0) is 18.9. The molecule has 2 aromatic carbocycles. The lowest BCUT2D eigenvalue weighted by atomic mass is 10.1. The van der Waals surface area contributed by atoms with Gasteiger partial charge in [-0.1, -0.05) is 41.9 Å². The highest BCUT2D eigenvalue weighted by atomic mass is 35.5. The SMILES string of the molecule is NC1=C(OS(=O)(=O)Cc2ccccc2F)C(=O)C(c2ccc(Cl)cc2)O1. The van der Waals surface area contributed by atoms with Gasteiger partial charge < -0.3 is 14.7 Å². The predicted molar refractivity (Wildman–Crippen MR) is 91.6 cm³/mol. The molecule has 0 radical (unpaired) electrons. The Morgan fingerprint density at radius 1 is 1.15 bits per heavy atom. The van der Waals surface area contributed by atoms with Crippen molar-refractivity contribution in [3.8, 4) is 0 Å². The van der Waals surface area contributed by atoms with Gasteiger partial charge in [-0.25, -0.2) is 4.39 Å². The van der Waals surface area contributed by atoms with Crippen molar-refractivity contribution >= 4 is 27.5 Å². The Morgan fingerprint density at radius 3 is 2.46 bits per heavy atom. The van der Waals surface area contributed by atoms with Crippen molar-refractivity contribution in [2.45, 2.75) is 11.9 Å². The maximum atomic E-state index is 13.6. The molecule has 2 N–H and O–H groups in total. The number of carbonyl (C=O) groups excluding carboxylic acids is 1. The zero-order valence-electron chi connectivity index (χ0n) is 13.2. The first-order valence-corrected chi connectivity index (χ1v) is 9.34. The molecule has 0 saturated carbocycles. The molecule has 26 heavy (non-hydrogen) atoms. The first kappa shape index (κ1) is 18.2. The number of benzene rings is 2. The van der Waals surface area contributed by atoms with Crippen LogP contribution in [0, 0.1) is 5.82 Å². The van der Waals surface area contributed by atoms with Gasteiger partial charge in [0.05, 0.1) is 0 Å². The number of rotatable bonds is 5. The minimum atomic E-state index is -4.32. The highest BCUT2D eigenvalue weighted by molar-refractivity contribution is 7.86. The van der Waals surface area contributed by atoms with Crippen molar-refractivity contribution in [2.24, 2.45) is 5.73 Å². The largest absolute Gasteiger partial charge is 0.460 e. The fourth-order valence-electron chi connectivity index (χ4n) is 2.38. The molecule has 0 saturated heterocycles. The van der Waals surface area contributed by atoms with Crippen LogP contribution in [0.4, 0.5) is 4.39 Å². The lowest BCUT2D eigenvalue weighted by Gasteiger charge is -2.10. The topological polar surface area (TPSA) is 95.7 Å². The van der Waals surface area contributed by atoms with E-state index in [1.54, 1.807) is 24.3 Å². The Morgan fingerprint density at radius 2 is 1.81 bits per heavy atom. The predicted octanol–water partition coefficient (Wildman–Crippen LogP) is 2.79. The second-order valence-corrected chi connectivity index (χ2v) is 7.49. The van der Waals surface area contributed by atoms with E-state index in [9.17, 15) is 17.6 Å². The summed E-state index contributed by atoms with van der Waals surface area (Å²) in [5.74, 6) is -3.28. The monoisotopic (exact) mass is 397 g/mol. The maximum Gasteiger partial charge on any atom is 0.313 e. The fourth-order valence-corrected chi connectivity index (χ4v) is 3.59. The van der Waals surface area contributed by atoms with Crippen LogP contribution in [-0.4, -0.2) is 14.2 Å². The molecular weight excluding hydrogens is 385 g/mol. The highest BCUT2D eigenvalue weighted by Crippen LogP contribution is 2.33. The number of Topliss-reactive ketones (excluding diaryl/α,β-unsaturated/α-hetero) is 1. The van der Waals surface area contributed by atoms with Crippen LogP contribution < -0.4 is 5.73 Å².